The highest BCUT2D eigenvalue weighted by atomic mass is 79.9. The first-order chi connectivity index (χ1) is 8.30. The summed E-state index contributed by atoms with van der Waals surface area (Å²) in [4.78, 5) is 11.3. The second kappa shape index (κ2) is 6.04. The molecule has 0 aromatic heterocycles. The largest absolute Gasteiger partial charge is 0.481 e. The molecule has 18 heavy (non-hydrogen) atoms. The van der Waals surface area contributed by atoms with Gasteiger partial charge in [-0.2, -0.15) is 0 Å². The molecule has 0 aliphatic carbocycles. The number of halogens is 2. The Balaban J connectivity index is 3.21. The van der Waals surface area contributed by atoms with E-state index in [1.165, 1.54) is 6.92 Å². The van der Waals surface area contributed by atoms with E-state index in [2.05, 4.69) is 15.9 Å². The number of hydrogen-bond donors (Lipinski definition) is 2. The summed E-state index contributed by atoms with van der Waals surface area (Å²) in [5.41, 5.74) is -1.05. The molecule has 0 bridgehead atoms. The molecule has 0 amide bonds. The van der Waals surface area contributed by atoms with Crippen LogP contribution in [0.15, 0.2) is 22.7 Å². The molecule has 1 aromatic rings. The second-order valence-electron chi connectivity index (χ2n) is 4.45. The zero-order valence-corrected chi connectivity index (χ0v) is 12.6. The third kappa shape index (κ3) is 3.25. The molecule has 0 radical (unpaired) electrons. The summed E-state index contributed by atoms with van der Waals surface area (Å²) < 4.78 is 0.786. The standard InChI is InChI=1S/C13H16BrClO3/c1-3-4-10(12(16)17)13(2,18)9-6-5-8(14)7-11(9)15/h5-7,10,18H,3-4H2,1-2H3,(H,16,17). The minimum Gasteiger partial charge on any atom is -0.481 e. The van der Waals surface area contributed by atoms with Crippen molar-refractivity contribution in [2.24, 2.45) is 5.92 Å². The highest BCUT2D eigenvalue weighted by Gasteiger charge is 2.39. The number of benzene rings is 1. The lowest BCUT2D eigenvalue weighted by Gasteiger charge is -2.31. The normalized spacial score (nSPS) is 16.1. The Kier molecular flexibility index (Phi) is 5.20. The molecule has 3 nitrogen and oxygen atoms in total. The van der Waals surface area contributed by atoms with Crippen molar-refractivity contribution in [3.8, 4) is 0 Å². The van der Waals surface area contributed by atoms with Crippen LogP contribution in [0.25, 0.3) is 0 Å². The molecule has 2 atom stereocenters. The minimum absolute atomic E-state index is 0.358. The van der Waals surface area contributed by atoms with Crippen LogP contribution in [0.5, 0.6) is 0 Å². The average Bonchev–Trinajstić information content (AvgIpc) is 2.24. The van der Waals surface area contributed by atoms with Gasteiger partial charge in [0.25, 0.3) is 0 Å². The number of carbonyl (C=O) groups is 1. The van der Waals surface area contributed by atoms with Crippen LogP contribution in [0.2, 0.25) is 5.02 Å². The fraction of sp³-hybridized carbons (Fsp3) is 0.462. The Morgan fingerprint density at radius 1 is 1.56 bits per heavy atom. The predicted octanol–water partition coefficient (Wildman–Crippen LogP) is 3.81. The SMILES string of the molecule is CCCC(C(=O)O)C(C)(O)c1ccc(Br)cc1Cl. The van der Waals surface area contributed by atoms with Gasteiger partial charge in [0.1, 0.15) is 5.60 Å². The summed E-state index contributed by atoms with van der Waals surface area (Å²) in [6, 6.07) is 5.04. The van der Waals surface area contributed by atoms with Crippen molar-refractivity contribution in [1.82, 2.24) is 0 Å². The molecule has 1 rings (SSSR count). The second-order valence-corrected chi connectivity index (χ2v) is 5.77. The lowest BCUT2D eigenvalue weighted by molar-refractivity contribution is -0.152. The van der Waals surface area contributed by atoms with Crippen molar-refractivity contribution in [2.45, 2.75) is 32.3 Å². The summed E-state index contributed by atoms with van der Waals surface area (Å²) in [6.45, 7) is 3.38. The van der Waals surface area contributed by atoms with Gasteiger partial charge >= 0.3 is 5.97 Å². The van der Waals surface area contributed by atoms with Gasteiger partial charge in [0.15, 0.2) is 0 Å². The Bertz CT molecular complexity index is 446. The molecule has 0 aliphatic rings. The van der Waals surface area contributed by atoms with Crippen molar-refractivity contribution >= 4 is 33.5 Å². The highest BCUT2D eigenvalue weighted by molar-refractivity contribution is 9.10. The average molecular weight is 336 g/mol. The number of rotatable bonds is 5. The lowest BCUT2D eigenvalue weighted by atomic mass is 9.80. The van der Waals surface area contributed by atoms with Gasteiger partial charge < -0.3 is 10.2 Å². The van der Waals surface area contributed by atoms with Crippen LogP contribution in [-0.4, -0.2) is 16.2 Å². The van der Waals surface area contributed by atoms with E-state index in [9.17, 15) is 15.0 Å². The minimum atomic E-state index is -1.49. The molecule has 0 spiro atoms. The van der Waals surface area contributed by atoms with Crippen LogP contribution < -0.4 is 0 Å². The number of aliphatic hydroxyl groups is 1. The molecule has 0 saturated heterocycles. The Hall–Kier alpha value is -0.580. The molecular formula is C13H16BrClO3. The third-order valence-corrected chi connectivity index (χ3v) is 3.84. The Morgan fingerprint density at radius 3 is 2.61 bits per heavy atom. The molecule has 2 N–H and O–H groups in total. The first-order valence-electron chi connectivity index (χ1n) is 5.71. The molecular weight excluding hydrogens is 319 g/mol. The quantitative estimate of drug-likeness (QED) is 0.860. The van der Waals surface area contributed by atoms with Crippen molar-refractivity contribution in [3.05, 3.63) is 33.3 Å². The monoisotopic (exact) mass is 334 g/mol. The van der Waals surface area contributed by atoms with E-state index < -0.39 is 17.5 Å². The van der Waals surface area contributed by atoms with Crippen molar-refractivity contribution in [3.63, 3.8) is 0 Å². The molecule has 5 heteroatoms. The lowest BCUT2D eigenvalue weighted by Crippen LogP contribution is -2.37. The third-order valence-electron chi connectivity index (χ3n) is 3.03. The van der Waals surface area contributed by atoms with E-state index >= 15 is 0 Å². The Morgan fingerprint density at radius 2 is 2.17 bits per heavy atom. The summed E-state index contributed by atoms with van der Waals surface area (Å²) in [5, 5.41) is 20.1. The van der Waals surface area contributed by atoms with E-state index in [0.717, 1.165) is 4.47 Å². The van der Waals surface area contributed by atoms with Gasteiger partial charge in [0, 0.05) is 15.1 Å². The summed E-state index contributed by atoms with van der Waals surface area (Å²) in [6.07, 6.45) is 1.08. The molecule has 0 heterocycles. The maximum atomic E-state index is 11.3. The molecule has 0 saturated carbocycles. The summed E-state index contributed by atoms with van der Waals surface area (Å²) in [5.74, 6) is -1.89. The molecule has 1 aromatic carbocycles. The first-order valence-corrected chi connectivity index (χ1v) is 6.88. The molecule has 2 unspecified atom stereocenters. The highest BCUT2D eigenvalue weighted by Crippen LogP contribution is 2.37. The van der Waals surface area contributed by atoms with Gasteiger partial charge in [-0.3, -0.25) is 4.79 Å². The van der Waals surface area contributed by atoms with Crippen molar-refractivity contribution < 1.29 is 15.0 Å². The van der Waals surface area contributed by atoms with Gasteiger partial charge in [-0.05, 0) is 25.5 Å². The van der Waals surface area contributed by atoms with E-state index in [1.807, 2.05) is 6.92 Å². The predicted molar refractivity (Wildman–Crippen MR) is 74.8 cm³/mol. The van der Waals surface area contributed by atoms with Crippen molar-refractivity contribution in [1.29, 1.82) is 0 Å². The fourth-order valence-electron chi connectivity index (χ4n) is 2.02. The topological polar surface area (TPSA) is 57.5 Å². The number of carboxylic acids is 1. The van der Waals surface area contributed by atoms with Gasteiger partial charge in [-0.1, -0.05) is 46.9 Å². The number of carboxylic acid groups (broad SMARTS) is 1. The number of aliphatic carboxylic acids is 1. The zero-order valence-electron chi connectivity index (χ0n) is 10.3. The zero-order chi connectivity index (χ0) is 13.9. The van der Waals surface area contributed by atoms with E-state index in [-0.39, 0.29) is 0 Å². The molecule has 0 aliphatic heterocycles. The Labute approximate surface area is 120 Å². The van der Waals surface area contributed by atoms with Crippen LogP contribution >= 0.6 is 27.5 Å². The van der Waals surface area contributed by atoms with E-state index in [1.54, 1.807) is 18.2 Å². The van der Waals surface area contributed by atoms with Crippen LogP contribution in [0.4, 0.5) is 0 Å². The molecule has 100 valence electrons. The smallest absolute Gasteiger partial charge is 0.309 e. The van der Waals surface area contributed by atoms with Crippen LogP contribution in [0, 0.1) is 5.92 Å². The van der Waals surface area contributed by atoms with E-state index in [0.29, 0.717) is 23.4 Å². The van der Waals surface area contributed by atoms with Crippen LogP contribution in [-0.2, 0) is 10.4 Å². The summed E-state index contributed by atoms with van der Waals surface area (Å²) >= 11 is 9.36. The maximum Gasteiger partial charge on any atom is 0.309 e. The van der Waals surface area contributed by atoms with Gasteiger partial charge in [-0.25, -0.2) is 0 Å². The van der Waals surface area contributed by atoms with Gasteiger partial charge in [0.05, 0.1) is 5.92 Å². The van der Waals surface area contributed by atoms with Crippen molar-refractivity contribution in [2.75, 3.05) is 0 Å². The van der Waals surface area contributed by atoms with E-state index in [4.69, 9.17) is 11.6 Å². The maximum absolute atomic E-state index is 11.3. The fourth-order valence-corrected chi connectivity index (χ4v) is 2.89. The first kappa shape index (κ1) is 15.5. The van der Waals surface area contributed by atoms with Crippen LogP contribution in [0.1, 0.15) is 32.3 Å². The van der Waals surface area contributed by atoms with Gasteiger partial charge in [-0.15, -0.1) is 0 Å². The van der Waals surface area contributed by atoms with Gasteiger partial charge in [0.2, 0.25) is 0 Å². The van der Waals surface area contributed by atoms with Crippen LogP contribution in [0.3, 0.4) is 0 Å². The molecule has 0 fully saturated rings. The summed E-state index contributed by atoms with van der Waals surface area (Å²) in [7, 11) is 0. The number of hydrogen-bond acceptors (Lipinski definition) is 2.